The zero-order chi connectivity index (χ0) is 46.9. The Balaban J connectivity index is 1.11. The van der Waals surface area contributed by atoms with Crippen LogP contribution in [0, 0.1) is 0 Å². The van der Waals surface area contributed by atoms with Gasteiger partial charge in [0.05, 0.1) is 32.0 Å². The van der Waals surface area contributed by atoms with Crippen LogP contribution in [0.3, 0.4) is 0 Å². The largest absolute Gasteiger partial charge is 0.508 e. The van der Waals surface area contributed by atoms with Crippen LogP contribution in [0.5, 0.6) is 34.5 Å². The van der Waals surface area contributed by atoms with Crippen molar-refractivity contribution in [3.8, 4) is 45.8 Å². The molecule has 7 rings (SSSR count). The molecule has 3 saturated heterocycles. The second kappa shape index (κ2) is 20.0. The van der Waals surface area contributed by atoms with Crippen molar-refractivity contribution in [3.05, 3.63) is 72.3 Å². The van der Waals surface area contributed by atoms with Crippen molar-refractivity contribution in [2.24, 2.45) is 0 Å². The summed E-state index contributed by atoms with van der Waals surface area (Å²) in [5.41, 5.74) is 0.672. The Morgan fingerprint density at radius 3 is 2.00 bits per heavy atom. The Hall–Kier alpha value is -5.44. The number of ether oxygens (including phenoxy) is 8. The molecule has 4 aromatic rings. The number of aliphatic hydroxyl groups is 9. The highest BCUT2D eigenvalue weighted by Crippen LogP contribution is 2.45. The molecule has 3 aromatic carbocycles. The third-order valence-electron chi connectivity index (χ3n) is 11.0. The van der Waals surface area contributed by atoms with E-state index in [0.29, 0.717) is 5.56 Å². The van der Waals surface area contributed by atoms with E-state index in [9.17, 15) is 66.1 Å². The van der Waals surface area contributed by atoms with Crippen molar-refractivity contribution >= 4 is 23.0 Å². The lowest BCUT2D eigenvalue weighted by atomic mass is 9.98. The number of rotatable bonds is 13. The number of phenolic OH excluding ortho intramolecular Hbond substituents is 3. The molecule has 12 N–H and O–H groups in total. The second-order valence-corrected chi connectivity index (χ2v) is 15.5. The molecule has 0 aliphatic carbocycles. The first-order valence-corrected chi connectivity index (χ1v) is 20.1. The Bertz CT molecular complexity index is 2310. The van der Waals surface area contributed by atoms with E-state index in [1.165, 1.54) is 62.6 Å². The molecule has 0 bridgehead atoms. The minimum atomic E-state index is -1.97. The molecule has 1 aromatic heterocycles. The van der Waals surface area contributed by atoms with E-state index >= 15 is 0 Å². The Labute approximate surface area is 368 Å². The Morgan fingerprint density at radius 2 is 1.34 bits per heavy atom. The smallest absolute Gasteiger partial charge is 0.402 e. The molecule has 0 unspecified atom stereocenters. The topological polar surface area (TPSA) is 345 Å². The summed E-state index contributed by atoms with van der Waals surface area (Å²) in [5.74, 6) is -2.81. The second-order valence-electron chi connectivity index (χ2n) is 15.5. The number of carbonyl (C=O) groups is 1. The zero-order valence-electron chi connectivity index (χ0n) is 34.5. The van der Waals surface area contributed by atoms with Crippen LogP contribution < -0.4 is 14.2 Å². The van der Waals surface area contributed by atoms with Gasteiger partial charge < -0.3 is 99.2 Å². The molecule has 65 heavy (non-hydrogen) atoms. The van der Waals surface area contributed by atoms with Crippen molar-refractivity contribution < 1.29 is 108 Å². The third-order valence-corrected chi connectivity index (χ3v) is 11.0. The highest BCUT2D eigenvalue weighted by molar-refractivity contribution is 5.88. The third kappa shape index (κ3) is 10.0. The summed E-state index contributed by atoms with van der Waals surface area (Å²) in [5, 5.41) is 126. The molecule has 3 fully saturated rings. The summed E-state index contributed by atoms with van der Waals surface area (Å²) in [4.78, 5) is 12.6. The predicted octanol–water partition coefficient (Wildman–Crippen LogP) is -1.02. The zero-order valence-corrected chi connectivity index (χ0v) is 34.5. The number of esters is 1. The molecule has 3 aliphatic rings. The summed E-state index contributed by atoms with van der Waals surface area (Å²) >= 11 is 0. The fraction of sp³-hybridized carbons (Fsp3) is 0.442. The maximum absolute atomic E-state index is 12.6. The molecule has 352 valence electrons. The fourth-order valence-corrected chi connectivity index (χ4v) is 7.37. The lowest BCUT2D eigenvalue weighted by molar-refractivity contribution is -0.319. The van der Waals surface area contributed by atoms with Crippen molar-refractivity contribution in [1.82, 2.24) is 0 Å². The first-order chi connectivity index (χ1) is 31.0. The highest BCUT2D eigenvalue weighted by atomic mass is 16.7. The maximum atomic E-state index is 12.6. The molecule has 0 spiro atoms. The summed E-state index contributed by atoms with van der Waals surface area (Å²) in [6.07, 6.45) is -22.3. The Morgan fingerprint density at radius 1 is 0.708 bits per heavy atom. The molecule has 0 saturated carbocycles. The molecule has 4 heterocycles. The molecule has 15 atom stereocenters. The number of hydrogen-bond donors (Lipinski definition) is 12. The first kappa shape index (κ1) is 47.5. The van der Waals surface area contributed by atoms with Gasteiger partial charge in [0.15, 0.2) is 23.9 Å². The van der Waals surface area contributed by atoms with Crippen molar-refractivity contribution in [2.45, 2.75) is 99.0 Å². The number of benzene rings is 3. The maximum Gasteiger partial charge on any atom is 0.402 e. The van der Waals surface area contributed by atoms with E-state index in [2.05, 4.69) is 0 Å². The monoisotopic (exact) mass is 917 g/mol. The van der Waals surface area contributed by atoms with Crippen molar-refractivity contribution in [3.63, 3.8) is 0 Å². The molecule has 3 aliphatic heterocycles. The van der Waals surface area contributed by atoms with Gasteiger partial charge in [-0.25, -0.2) is 9.21 Å². The van der Waals surface area contributed by atoms with Gasteiger partial charge in [-0.2, -0.15) is 0 Å². The normalized spacial score (nSPS) is 32.9. The lowest BCUT2D eigenvalue weighted by Crippen LogP contribution is -2.62. The molecule has 0 radical (unpaired) electrons. The quantitative estimate of drug-likeness (QED) is 0.0330. The molecule has 0 amide bonds. The van der Waals surface area contributed by atoms with Crippen LogP contribution >= 0.6 is 0 Å². The van der Waals surface area contributed by atoms with Crippen LogP contribution in [-0.4, -0.2) is 180 Å². The summed E-state index contributed by atoms with van der Waals surface area (Å²) < 4.78 is 51.6. The van der Waals surface area contributed by atoms with Gasteiger partial charge in [0.2, 0.25) is 24.1 Å². The van der Waals surface area contributed by atoms with E-state index in [-0.39, 0.29) is 45.3 Å². The number of phenols is 3. The van der Waals surface area contributed by atoms with Crippen LogP contribution in [0.15, 0.2) is 71.2 Å². The Kier molecular flexibility index (Phi) is 14.6. The molecular formula is C43H49O22+. The number of aromatic hydroxyl groups is 3. The van der Waals surface area contributed by atoms with Gasteiger partial charge in [0, 0.05) is 30.3 Å². The average Bonchev–Trinajstić information content (AvgIpc) is 3.29. The van der Waals surface area contributed by atoms with Gasteiger partial charge in [0.1, 0.15) is 77.9 Å². The van der Waals surface area contributed by atoms with Crippen LogP contribution in [0.25, 0.3) is 28.4 Å². The van der Waals surface area contributed by atoms with Gasteiger partial charge in [-0.1, -0.05) is 12.1 Å². The van der Waals surface area contributed by atoms with Crippen LogP contribution in [0.1, 0.15) is 12.5 Å². The SMILES string of the molecule is COc1cc(-c2[o+]c3cccc(O[C@@H]4O[C@H](CO)[C@@H](O)[C@H](O)[C@H]4O)c3cc2O[C@@H]2O[C@H](CO[C@@H]3O[C@@H](C)[C@H](OC(=O)C=Cc4ccc(O)cc4)[C@@H](O)[C@H]3O)[C@@H](O)[C@H](O)[C@H]2O)cc(O)c1O. The number of methoxy groups -OCH3 is 1. The van der Waals surface area contributed by atoms with Crippen LogP contribution in [-0.2, 0) is 28.5 Å². The minimum absolute atomic E-state index is 0.0296. The molecular weight excluding hydrogens is 868 g/mol. The number of carbonyl (C=O) groups excluding carboxylic acids is 1. The van der Waals surface area contributed by atoms with Gasteiger partial charge in [-0.3, -0.25) is 0 Å². The van der Waals surface area contributed by atoms with Gasteiger partial charge in [-0.05, 0) is 42.8 Å². The number of hydrogen-bond acceptors (Lipinski definition) is 21. The summed E-state index contributed by atoms with van der Waals surface area (Å²) in [7, 11) is 1.23. The van der Waals surface area contributed by atoms with Gasteiger partial charge >= 0.3 is 17.3 Å². The number of fused-ring (bicyclic) bond motifs is 1. The van der Waals surface area contributed by atoms with Crippen molar-refractivity contribution in [2.75, 3.05) is 20.3 Å². The van der Waals surface area contributed by atoms with E-state index in [0.717, 1.165) is 12.1 Å². The van der Waals surface area contributed by atoms with Crippen LogP contribution in [0.4, 0.5) is 0 Å². The van der Waals surface area contributed by atoms with Gasteiger partial charge in [-0.15, -0.1) is 0 Å². The predicted molar refractivity (Wildman–Crippen MR) is 217 cm³/mol. The summed E-state index contributed by atoms with van der Waals surface area (Å²) in [6, 6.07) is 14.0. The lowest BCUT2D eigenvalue weighted by Gasteiger charge is -2.42. The van der Waals surface area contributed by atoms with E-state index < -0.39 is 123 Å². The molecule has 22 nitrogen and oxygen atoms in total. The fourth-order valence-electron chi connectivity index (χ4n) is 7.37. The van der Waals surface area contributed by atoms with E-state index in [1.54, 1.807) is 12.1 Å². The van der Waals surface area contributed by atoms with Gasteiger partial charge in [0.25, 0.3) is 0 Å². The van der Waals surface area contributed by atoms with E-state index in [4.69, 9.17) is 42.3 Å². The summed E-state index contributed by atoms with van der Waals surface area (Å²) in [6.45, 7) is 0.0612. The van der Waals surface area contributed by atoms with Crippen LogP contribution in [0.2, 0.25) is 0 Å². The van der Waals surface area contributed by atoms with Crippen molar-refractivity contribution in [1.29, 1.82) is 0 Å². The molecule has 22 heteroatoms. The van der Waals surface area contributed by atoms with E-state index in [1.807, 2.05) is 0 Å². The minimum Gasteiger partial charge on any atom is -0.508 e. The average molecular weight is 918 g/mol. The number of aliphatic hydroxyl groups excluding tert-OH is 9. The standard InChI is InChI=1S/C43H48O22/c1-17-39(65-29(47)11-8-18-6-9-20(45)10-7-18)35(53)38(56)41(59-17)58-16-28-32(50)34(52)37(55)43(64-28)62-26-14-21-23(60-40(26)19-12-22(46)30(48)25(13-19)57-2)4-3-5-24(21)61-42-36(54)33(51)31(49)27(15-44)63-42/h3-14,17,27-28,31-39,41-44,49-56H,15-16H2,1-2H3,(H2-,45,46,47,48)/p+1/t17-,27+,28+,31+,32+,33-,34-,35-,36+,37+,38+,39-,41+,42+,43+/m0/s1. The first-order valence-electron chi connectivity index (χ1n) is 20.1. The highest BCUT2D eigenvalue weighted by Gasteiger charge is 2.49.